The Morgan fingerprint density at radius 2 is 1.50 bits per heavy atom. The number of carbonyl (C=O) groups is 1. The van der Waals surface area contributed by atoms with E-state index >= 15 is 4.39 Å². The van der Waals surface area contributed by atoms with Crippen LogP contribution in [0.3, 0.4) is 0 Å². The number of benzene rings is 4. The SMILES string of the molecule is O=C(NC(Cc1ccccc1)(c1cc(F)cc(OC(F)(F)C(F)F)c1)c1ccc(F)c(OCC2CC2(F)F)c1)c1ccc(F)c(C(F)(F)F)c1. The van der Waals surface area contributed by atoms with E-state index < -0.39 is 107 Å². The van der Waals surface area contributed by atoms with Crippen molar-refractivity contribution in [3.8, 4) is 11.5 Å². The number of hydrogen-bond acceptors (Lipinski definition) is 3. The minimum absolute atomic E-state index is 0.177. The molecule has 16 heteroatoms. The van der Waals surface area contributed by atoms with Gasteiger partial charge in [0.25, 0.3) is 11.8 Å². The summed E-state index contributed by atoms with van der Waals surface area (Å²) in [6, 6.07) is 13.0. The number of amides is 1. The first-order chi connectivity index (χ1) is 23.3. The Morgan fingerprint density at radius 3 is 2.12 bits per heavy atom. The molecule has 0 aromatic heterocycles. The molecular formula is C34H23F12NO3. The van der Waals surface area contributed by atoms with E-state index in [2.05, 4.69) is 10.1 Å². The Kier molecular flexibility index (Phi) is 9.78. The molecule has 4 aromatic rings. The second-order valence-electron chi connectivity index (χ2n) is 11.5. The van der Waals surface area contributed by atoms with Gasteiger partial charge in [0, 0.05) is 24.5 Å². The molecular weight excluding hydrogens is 698 g/mol. The first-order valence-corrected chi connectivity index (χ1v) is 14.5. The molecule has 0 bridgehead atoms. The zero-order chi connectivity index (χ0) is 36.6. The Hall–Kier alpha value is -4.89. The number of ether oxygens (including phenoxy) is 2. The molecule has 0 spiro atoms. The molecule has 1 amide bonds. The van der Waals surface area contributed by atoms with E-state index in [1.807, 2.05) is 0 Å². The third-order valence-electron chi connectivity index (χ3n) is 7.86. The van der Waals surface area contributed by atoms with Gasteiger partial charge in [0.1, 0.15) is 17.4 Å². The minimum atomic E-state index is -5.26. The lowest BCUT2D eigenvalue weighted by molar-refractivity contribution is -0.253. The van der Waals surface area contributed by atoms with Gasteiger partial charge in [-0.15, -0.1) is 0 Å². The van der Waals surface area contributed by atoms with Gasteiger partial charge in [0.05, 0.1) is 23.6 Å². The molecule has 2 unspecified atom stereocenters. The summed E-state index contributed by atoms with van der Waals surface area (Å²) in [7, 11) is 0. The average Bonchev–Trinajstić information content (AvgIpc) is 3.65. The number of alkyl halides is 9. The van der Waals surface area contributed by atoms with Crippen LogP contribution < -0.4 is 14.8 Å². The van der Waals surface area contributed by atoms with E-state index in [9.17, 15) is 53.1 Å². The molecule has 50 heavy (non-hydrogen) atoms. The zero-order valence-corrected chi connectivity index (χ0v) is 25.1. The van der Waals surface area contributed by atoms with Crippen LogP contribution in [0.2, 0.25) is 0 Å². The van der Waals surface area contributed by atoms with Crippen LogP contribution >= 0.6 is 0 Å². The van der Waals surface area contributed by atoms with E-state index in [-0.39, 0.29) is 17.2 Å². The molecule has 1 aliphatic rings. The summed E-state index contributed by atoms with van der Waals surface area (Å²) in [4.78, 5) is 13.8. The van der Waals surface area contributed by atoms with Crippen LogP contribution in [0.15, 0.2) is 84.9 Å². The van der Waals surface area contributed by atoms with Crippen LogP contribution in [0.4, 0.5) is 52.7 Å². The summed E-state index contributed by atoms with van der Waals surface area (Å²) in [6.07, 6.45) is -15.8. The van der Waals surface area contributed by atoms with Gasteiger partial charge in [-0.25, -0.2) is 22.0 Å². The van der Waals surface area contributed by atoms with Crippen molar-refractivity contribution in [3.63, 3.8) is 0 Å². The molecule has 0 radical (unpaired) electrons. The second-order valence-corrected chi connectivity index (χ2v) is 11.5. The molecule has 1 aliphatic carbocycles. The van der Waals surface area contributed by atoms with E-state index in [1.54, 1.807) is 6.07 Å². The monoisotopic (exact) mass is 721 g/mol. The maximum Gasteiger partial charge on any atom is 0.461 e. The lowest BCUT2D eigenvalue weighted by Crippen LogP contribution is -2.49. The highest BCUT2D eigenvalue weighted by molar-refractivity contribution is 5.95. The highest BCUT2D eigenvalue weighted by Gasteiger charge is 2.57. The molecule has 0 saturated heterocycles. The molecule has 266 valence electrons. The van der Waals surface area contributed by atoms with E-state index in [1.165, 1.54) is 24.3 Å². The van der Waals surface area contributed by atoms with Gasteiger partial charge in [-0.2, -0.15) is 30.7 Å². The number of hydrogen-bond donors (Lipinski definition) is 1. The fourth-order valence-corrected chi connectivity index (χ4v) is 5.20. The standard InChI is InChI=1S/C34H23F12NO3/c35-23-11-21(12-24(14-23)50-34(45,46)30(38)39)31(15-18-4-2-1-3-5-18,47-29(48)19-6-8-26(36)25(10-19)33(42,43)44)20-7-9-27(37)28(13-20)49-17-22-16-32(22,40)41/h1-14,22,30H,15-17H2,(H,47,48). The van der Waals surface area contributed by atoms with Gasteiger partial charge in [0.15, 0.2) is 11.6 Å². The third kappa shape index (κ3) is 7.94. The molecule has 1 fully saturated rings. The van der Waals surface area contributed by atoms with Gasteiger partial charge >= 0.3 is 18.7 Å². The molecule has 4 aromatic carbocycles. The summed E-state index contributed by atoms with van der Waals surface area (Å²) >= 11 is 0. The second kappa shape index (κ2) is 13.4. The first-order valence-electron chi connectivity index (χ1n) is 14.5. The van der Waals surface area contributed by atoms with Gasteiger partial charge in [-0.05, 0) is 59.2 Å². The van der Waals surface area contributed by atoms with Crippen molar-refractivity contribution in [1.82, 2.24) is 5.32 Å². The predicted octanol–water partition coefficient (Wildman–Crippen LogP) is 9.31. The van der Waals surface area contributed by atoms with Gasteiger partial charge < -0.3 is 14.8 Å². The molecule has 1 N–H and O–H groups in total. The number of nitrogens with one attached hydrogen (secondary N) is 1. The molecule has 0 heterocycles. The van der Waals surface area contributed by atoms with Crippen molar-refractivity contribution in [2.75, 3.05) is 6.61 Å². The summed E-state index contributed by atoms with van der Waals surface area (Å²) in [5.41, 5.74) is -5.44. The molecule has 4 nitrogen and oxygen atoms in total. The Bertz CT molecular complexity index is 1870. The van der Waals surface area contributed by atoms with Gasteiger partial charge in [-0.3, -0.25) is 4.79 Å². The van der Waals surface area contributed by atoms with Crippen molar-refractivity contribution in [2.24, 2.45) is 5.92 Å². The van der Waals surface area contributed by atoms with E-state index in [0.717, 1.165) is 18.2 Å². The normalized spacial score (nSPS) is 16.9. The fraction of sp³-hybridized carbons (Fsp3) is 0.265. The quantitative estimate of drug-likeness (QED) is 0.149. The van der Waals surface area contributed by atoms with Gasteiger partial charge in [-0.1, -0.05) is 36.4 Å². The summed E-state index contributed by atoms with van der Waals surface area (Å²) < 4.78 is 175. The van der Waals surface area contributed by atoms with Gasteiger partial charge in [0.2, 0.25) is 0 Å². The molecule has 1 saturated carbocycles. The molecule has 2 atom stereocenters. The van der Waals surface area contributed by atoms with Crippen molar-refractivity contribution < 1.29 is 67.0 Å². The summed E-state index contributed by atoms with van der Waals surface area (Å²) in [5, 5.41) is 2.42. The van der Waals surface area contributed by atoms with Crippen LogP contribution in [0.5, 0.6) is 11.5 Å². The molecule has 5 rings (SSSR count). The van der Waals surface area contributed by atoms with E-state index in [4.69, 9.17) is 4.74 Å². The first kappa shape index (κ1) is 36.4. The van der Waals surface area contributed by atoms with Crippen molar-refractivity contribution in [1.29, 1.82) is 0 Å². The smallest absolute Gasteiger partial charge is 0.461 e. The van der Waals surface area contributed by atoms with Crippen LogP contribution in [-0.2, 0) is 18.1 Å². The summed E-state index contributed by atoms with van der Waals surface area (Å²) in [6.45, 7) is -0.665. The zero-order valence-electron chi connectivity index (χ0n) is 25.1. The van der Waals surface area contributed by atoms with Crippen LogP contribution in [0.25, 0.3) is 0 Å². The highest BCUT2D eigenvalue weighted by atomic mass is 19.4. The fourth-order valence-electron chi connectivity index (χ4n) is 5.20. The van der Waals surface area contributed by atoms with Crippen LogP contribution in [0, 0.1) is 23.4 Å². The van der Waals surface area contributed by atoms with Crippen LogP contribution in [0.1, 0.15) is 39.0 Å². The number of rotatable bonds is 12. The Balaban J connectivity index is 1.72. The lowest BCUT2D eigenvalue weighted by atomic mass is 9.77. The van der Waals surface area contributed by atoms with Crippen LogP contribution in [-0.4, -0.2) is 31.0 Å². The van der Waals surface area contributed by atoms with Crippen molar-refractivity contribution >= 4 is 5.91 Å². The number of halogens is 12. The van der Waals surface area contributed by atoms with E-state index in [0.29, 0.717) is 30.3 Å². The largest absolute Gasteiger partial charge is 0.490 e. The average molecular weight is 722 g/mol. The maximum absolute atomic E-state index is 15.2. The Labute approximate surface area is 275 Å². The summed E-state index contributed by atoms with van der Waals surface area (Å²) in [5.74, 6) is -11.7. The molecule has 0 aliphatic heterocycles. The predicted molar refractivity (Wildman–Crippen MR) is 153 cm³/mol. The number of carbonyl (C=O) groups excluding carboxylic acids is 1. The topological polar surface area (TPSA) is 47.6 Å². The van der Waals surface area contributed by atoms with Crippen molar-refractivity contribution in [3.05, 3.63) is 130 Å². The lowest BCUT2D eigenvalue weighted by Gasteiger charge is -2.37. The minimum Gasteiger partial charge on any atom is -0.490 e. The van der Waals surface area contributed by atoms with Crippen molar-refractivity contribution in [2.45, 2.75) is 43.0 Å². The third-order valence-corrected chi connectivity index (χ3v) is 7.86. The maximum atomic E-state index is 15.2. The Morgan fingerprint density at radius 1 is 0.840 bits per heavy atom. The highest BCUT2D eigenvalue weighted by Crippen LogP contribution is 2.49.